The summed E-state index contributed by atoms with van der Waals surface area (Å²) < 4.78 is 24.1. The summed E-state index contributed by atoms with van der Waals surface area (Å²) in [5.41, 5.74) is 6.34. The highest BCUT2D eigenvalue weighted by atomic mass is 19.1. The first-order valence-corrected chi connectivity index (χ1v) is 12.1. The molecule has 0 bridgehead atoms. The van der Waals surface area contributed by atoms with Gasteiger partial charge in [0, 0.05) is 23.9 Å². The largest absolute Gasteiger partial charge is 0.489 e. The molecule has 0 amide bonds. The monoisotopic (exact) mass is 477 g/mol. The van der Waals surface area contributed by atoms with Crippen molar-refractivity contribution in [2.45, 2.75) is 33.4 Å². The van der Waals surface area contributed by atoms with Gasteiger partial charge in [-0.3, -0.25) is 4.79 Å². The molecule has 0 unspecified atom stereocenters. The lowest BCUT2D eigenvalue weighted by Gasteiger charge is -2.13. The lowest BCUT2D eigenvalue weighted by atomic mass is 10.0. The third kappa shape index (κ3) is 4.94. The van der Waals surface area contributed by atoms with Crippen LogP contribution in [0.4, 0.5) is 4.39 Å². The SMILES string of the molecule is CC(=O)Cc1ccc(Cn2c(-c3ccccc3C)c(F)c3cc(OCc4ccccc4)ccc32)cc1. The molecule has 5 rings (SSSR count). The number of hydrogen-bond donors (Lipinski definition) is 0. The van der Waals surface area contributed by atoms with Crippen LogP contribution in [0.25, 0.3) is 22.2 Å². The number of carbonyl (C=O) groups excluding carboxylic acids is 1. The Morgan fingerprint density at radius 3 is 2.25 bits per heavy atom. The molecule has 0 atom stereocenters. The van der Waals surface area contributed by atoms with Gasteiger partial charge in [-0.1, -0.05) is 78.9 Å². The molecule has 0 N–H and O–H groups in total. The number of fused-ring (bicyclic) bond motifs is 1. The molecule has 0 saturated heterocycles. The molecule has 1 aromatic heterocycles. The summed E-state index contributed by atoms with van der Waals surface area (Å²) in [6.07, 6.45) is 0.418. The minimum Gasteiger partial charge on any atom is -0.489 e. The van der Waals surface area contributed by atoms with Crippen molar-refractivity contribution in [3.63, 3.8) is 0 Å². The van der Waals surface area contributed by atoms with Gasteiger partial charge in [-0.15, -0.1) is 0 Å². The summed E-state index contributed by atoms with van der Waals surface area (Å²) in [6, 6.07) is 31.4. The van der Waals surface area contributed by atoms with E-state index in [1.807, 2.05) is 102 Å². The Bertz CT molecular complexity index is 1520. The number of aromatic nitrogens is 1. The van der Waals surface area contributed by atoms with E-state index in [-0.39, 0.29) is 11.6 Å². The van der Waals surface area contributed by atoms with E-state index >= 15 is 4.39 Å². The van der Waals surface area contributed by atoms with E-state index < -0.39 is 0 Å². The molecule has 0 aliphatic carbocycles. The molecule has 0 spiro atoms. The third-order valence-corrected chi connectivity index (χ3v) is 6.44. The Kier molecular flexibility index (Phi) is 6.68. The maximum atomic E-state index is 16.1. The van der Waals surface area contributed by atoms with Gasteiger partial charge in [0.15, 0.2) is 5.82 Å². The molecule has 5 aromatic rings. The summed E-state index contributed by atoms with van der Waals surface area (Å²) in [5.74, 6) is 0.512. The minimum atomic E-state index is -0.252. The molecule has 0 saturated carbocycles. The lowest BCUT2D eigenvalue weighted by molar-refractivity contribution is -0.116. The number of benzene rings is 4. The van der Waals surface area contributed by atoms with Crippen LogP contribution in [0.1, 0.15) is 29.2 Å². The predicted molar refractivity (Wildman–Crippen MR) is 143 cm³/mol. The van der Waals surface area contributed by atoms with Crippen LogP contribution in [0.2, 0.25) is 0 Å². The fourth-order valence-corrected chi connectivity index (χ4v) is 4.62. The number of carbonyl (C=O) groups is 1. The van der Waals surface area contributed by atoms with Crippen molar-refractivity contribution in [3.8, 4) is 17.0 Å². The van der Waals surface area contributed by atoms with Crippen LogP contribution >= 0.6 is 0 Å². The van der Waals surface area contributed by atoms with E-state index in [2.05, 4.69) is 0 Å². The van der Waals surface area contributed by atoms with E-state index in [0.29, 0.717) is 36.4 Å². The van der Waals surface area contributed by atoms with Gasteiger partial charge in [0.2, 0.25) is 0 Å². The maximum Gasteiger partial charge on any atom is 0.156 e. The Morgan fingerprint density at radius 1 is 0.833 bits per heavy atom. The zero-order valence-corrected chi connectivity index (χ0v) is 20.5. The molecule has 36 heavy (non-hydrogen) atoms. The number of aryl methyl sites for hydroxylation is 1. The second-order valence-electron chi connectivity index (χ2n) is 9.21. The highest BCUT2D eigenvalue weighted by molar-refractivity contribution is 5.90. The van der Waals surface area contributed by atoms with E-state index in [9.17, 15) is 4.79 Å². The quantitative estimate of drug-likeness (QED) is 0.231. The minimum absolute atomic E-state index is 0.133. The Labute approximate surface area is 210 Å². The van der Waals surface area contributed by atoms with Crippen LogP contribution in [0, 0.1) is 12.7 Å². The number of halogens is 1. The second kappa shape index (κ2) is 10.2. The maximum absolute atomic E-state index is 16.1. The molecule has 4 aromatic carbocycles. The molecule has 180 valence electrons. The zero-order valence-electron chi connectivity index (χ0n) is 20.5. The van der Waals surface area contributed by atoms with Crippen LogP contribution < -0.4 is 4.74 Å². The Hall–Kier alpha value is -4.18. The van der Waals surface area contributed by atoms with Crippen molar-refractivity contribution in [1.29, 1.82) is 0 Å². The smallest absolute Gasteiger partial charge is 0.156 e. The molecule has 1 heterocycles. The van der Waals surface area contributed by atoms with Crippen molar-refractivity contribution in [2.75, 3.05) is 0 Å². The highest BCUT2D eigenvalue weighted by Crippen LogP contribution is 2.36. The average Bonchev–Trinajstić information content (AvgIpc) is 3.15. The standard InChI is InChI=1S/C32H28FNO2/c1-22-8-6-7-11-28(22)32-31(33)29-19-27(36-21-26-9-4-3-5-10-26)16-17-30(29)34(32)20-25-14-12-24(13-15-25)18-23(2)35/h3-17,19H,18,20-21H2,1-2H3. The summed E-state index contributed by atoms with van der Waals surface area (Å²) in [6.45, 7) is 4.53. The molecule has 0 aliphatic rings. The molecular weight excluding hydrogens is 449 g/mol. The van der Waals surface area contributed by atoms with Crippen molar-refractivity contribution < 1.29 is 13.9 Å². The average molecular weight is 478 g/mol. The fourth-order valence-electron chi connectivity index (χ4n) is 4.62. The fraction of sp³-hybridized carbons (Fsp3) is 0.156. The summed E-state index contributed by atoms with van der Waals surface area (Å²) in [7, 11) is 0. The predicted octanol–water partition coefficient (Wildman–Crippen LogP) is 7.51. The van der Waals surface area contributed by atoms with Crippen LogP contribution in [0.15, 0.2) is 97.1 Å². The number of nitrogens with zero attached hydrogens (tertiary/aromatic N) is 1. The number of ketones is 1. The van der Waals surface area contributed by atoms with Gasteiger partial charge in [0.25, 0.3) is 0 Å². The first kappa shape index (κ1) is 23.6. The van der Waals surface area contributed by atoms with Gasteiger partial charge in [-0.2, -0.15) is 0 Å². The zero-order chi connectivity index (χ0) is 25.1. The van der Waals surface area contributed by atoms with Crippen LogP contribution in [-0.2, 0) is 24.4 Å². The van der Waals surface area contributed by atoms with Gasteiger partial charge in [-0.25, -0.2) is 4.39 Å². The normalized spacial score (nSPS) is 11.1. The second-order valence-corrected chi connectivity index (χ2v) is 9.21. The van der Waals surface area contributed by atoms with Crippen molar-refractivity contribution >= 4 is 16.7 Å². The van der Waals surface area contributed by atoms with E-state index in [0.717, 1.165) is 33.3 Å². The van der Waals surface area contributed by atoms with Gasteiger partial charge >= 0.3 is 0 Å². The number of ether oxygens (including phenoxy) is 1. The van der Waals surface area contributed by atoms with Crippen molar-refractivity contribution in [2.24, 2.45) is 0 Å². The van der Waals surface area contributed by atoms with Gasteiger partial charge in [0.1, 0.15) is 18.1 Å². The number of rotatable bonds is 8. The van der Waals surface area contributed by atoms with Gasteiger partial charge in [-0.05, 0) is 54.3 Å². The Morgan fingerprint density at radius 2 is 1.53 bits per heavy atom. The molecule has 4 heteroatoms. The third-order valence-electron chi connectivity index (χ3n) is 6.44. The highest BCUT2D eigenvalue weighted by Gasteiger charge is 2.21. The summed E-state index contributed by atoms with van der Waals surface area (Å²) in [4.78, 5) is 11.5. The van der Waals surface area contributed by atoms with Crippen molar-refractivity contribution in [3.05, 3.63) is 125 Å². The molecule has 0 fully saturated rings. The summed E-state index contributed by atoms with van der Waals surface area (Å²) in [5, 5.41) is 0.534. The molecule has 3 nitrogen and oxygen atoms in total. The lowest BCUT2D eigenvalue weighted by Crippen LogP contribution is -2.04. The van der Waals surface area contributed by atoms with E-state index in [1.54, 1.807) is 13.0 Å². The Balaban J connectivity index is 1.55. The van der Waals surface area contributed by atoms with E-state index in [4.69, 9.17) is 4.74 Å². The molecule has 0 radical (unpaired) electrons. The molecular formula is C32H28FNO2. The topological polar surface area (TPSA) is 31.2 Å². The molecule has 0 aliphatic heterocycles. The van der Waals surface area contributed by atoms with Gasteiger partial charge < -0.3 is 9.30 Å². The van der Waals surface area contributed by atoms with Crippen LogP contribution in [0.5, 0.6) is 5.75 Å². The number of hydrogen-bond acceptors (Lipinski definition) is 2. The number of Topliss-reactive ketones (excluding diaryl/α,β-unsaturated/α-hetero) is 1. The van der Waals surface area contributed by atoms with Crippen molar-refractivity contribution in [1.82, 2.24) is 4.57 Å². The van der Waals surface area contributed by atoms with Crippen LogP contribution in [0.3, 0.4) is 0 Å². The van der Waals surface area contributed by atoms with E-state index in [1.165, 1.54) is 0 Å². The van der Waals surface area contributed by atoms with Gasteiger partial charge in [0.05, 0.1) is 11.2 Å². The van der Waals surface area contributed by atoms with Crippen LogP contribution in [-0.4, -0.2) is 10.4 Å². The summed E-state index contributed by atoms with van der Waals surface area (Å²) >= 11 is 0. The first-order chi connectivity index (χ1) is 17.5. The first-order valence-electron chi connectivity index (χ1n) is 12.1.